The Morgan fingerprint density at radius 1 is 1.15 bits per heavy atom. The Labute approximate surface area is 165 Å². The fourth-order valence-corrected chi connectivity index (χ4v) is 5.41. The van der Waals surface area contributed by atoms with E-state index < -0.39 is 5.25 Å². The lowest BCUT2D eigenvalue weighted by atomic mass is 9.92. The number of benzene rings is 1. The minimum absolute atomic E-state index is 0.135. The van der Waals surface area contributed by atoms with Gasteiger partial charge in [-0.25, -0.2) is 4.90 Å². The lowest BCUT2D eigenvalue weighted by Crippen LogP contribution is -2.41. The van der Waals surface area contributed by atoms with Gasteiger partial charge in [0.2, 0.25) is 11.8 Å². The number of hydrogen-bond acceptors (Lipinski definition) is 4. The zero-order valence-corrected chi connectivity index (χ0v) is 17.5. The zero-order valence-electron chi connectivity index (χ0n) is 15.8. The first-order chi connectivity index (χ1) is 12.3. The molecule has 0 spiro atoms. The molecule has 2 amide bonds. The van der Waals surface area contributed by atoms with Crippen LogP contribution < -0.4 is 4.90 Å². The third-order valence-electron chi connectivity index (χ3n) is 5.29. The molecule has 0 saturated carbocycles. The molecule has 2 heterocycles. The number of anilines is 1. The van der Waals surface area contributed by atoms with Crippen LogP contribution in [0.5, 0.6) is 0 Å². The molecule has 26 heavy (non-hydrogen) atoms. The molecule has 0 N–H and O–H groups in total. The molecule has 2 aliphatic rings. The second-order valence-corrected chi connectivity index (χ2v) is 9.55. The maximum absolute atomic E-state index is 12.9. The lowest BCUT2D eigenvalue weighted by molar-refractivity contribution is -0.121. The molecule has 2 saturated heterocycles. The third kappa shape index (κ3) is 3.81. The molecule has 1 aromatic rings. The summed E-state index contributed by atoms with van der Waals surface area (Å²) in [6, 6.07) is 5.72. The number of aryl methyl sites for hydroxylation is 1. The van der Waals surface area contributed by atoms with Gasteiger partial charge in [0.15, 0.2) is 0 Å². The molecule has 0 bridgehead atoms. The second kappa shape index (κ2) is 7.69. The maximum Gasteiger partial charge on any atom is 0.247 e. The number of amides is 2. The van der Waals surface area contributed by atoms with E-state index in [4.69, 9.17) is 12.2 Å². The summed E-state index contributed by atoms with van der Waals surface area (Å²) in [5.41, 5.74) is 2.75. The van der Waals surface area contributed by atoms with Crippen molar-refractivity contribution >= 4 is 45.8 Å². The predicted octanol–water partition coefficient (Wildman–Crippen LogP) is 3.93. The van der Waals surface area contributed by atoms with E-state index in [0.717, 1.165) is 28.5 Å². The standard InChI is InChI=1S/C20H26N2O2S2/c1-12-8-13(2)11-21(10-12)20(25)26-17-9-18(23)22(19(17)24)16-7-5-6-14(3)15(16)4/h5-7,12-13,17H,8-11H2,1-4H3/t12-,13-,17+/m1/s1. The maximum atomic E-state index is 12.9. The van der Waals surface area contributed by atoms with Crippen LogP contribution in [-0.2, 0) is 9.59 Å². The summed E-state index contributed by atoms with van der Waals surface area (Å²) in [5, 5.41) is -0.414. The highest BCUT2D eigenvalue weighted by Crippen LogP contribution is 2.34. The first-order valence-electron chi connectivity index (χ1n) is 9.16. The molecule has 140 valence electrons. The number of imide groups is 1. The number of piperidine rings is 1. The van der Waals surface area contributed by atoms with Gasteiger partial charge in [-0.3, -0.25) is 9.59 Å². The Bertz CT molecular complexity index is 739. The molecule has 6 heteroatoms. The Kier molecular flexibility index (Phi) is 5.72. The summed E-state index contributed by atoms with van der Waals surface area (Å²) < 4.78 is 0.748. The second-order valence-electron chi connectivity index (χ2n) is 7.71. The molecule has 0 unspecified atom stereocenters. The number of carbonyl (C=O) groups excluding carboxylic acids is 2. The number of likely N-dealkylation sites (tertiary alicyclic amines) is 1. The van der Waals surface area contributed by atoms with E-state index in [1.807, 2.05) is 32.0 Å². The van der Waals surface area contributed by atoms with Crippen LogP contribution in [0.3, 0.4) is 0 Å². The van der Waals surface area contributed by atoms with Crippen molar-refractivity contribution in [2.24, 2.45) is 11.8 Å². The van der Waals surface area contributed by atoms with Gasteiger partial charge in [0.25, 0.3) is 0 Å². The summed E-state index contributed by atoms with van der Waals surface area (Å²) in [6.07, 6.45) is 1.43. The van der Waals surface area contributed by atoms with E-state index >= 15 is 0 Å². The number of carbonyl (C=O) groups is 2. The van der Waals surface area contributed by atoms with Gasteiger partial charge in [-0.05, 0) is 49.3 Å². The number of thiocarbonyl (C=S) groups is 1. The highest BCUT2D eigenvalue weighted by Gasteiger charge is 2.42. The first-order valence-corrected chi connectivity index (χ1v) is 10.4. The van der Waals surface area contributed by atoms with E-state index in [9.17, 15) is 9.59 Å². The number of hydrogen-bond donors (Lipinski definition) is 0. The number of nitrogens with zero attached hydrogens (tertiary/aromatic N) is 2. The molecule has 1 aromatic carbocycles. The minimum atomic E-state index is -0.414. The van der Waals surface area contributed by atoms with Crippen LogP contribution in [0.2, 0.25) is 0 Å². The predicted molar refractivity (Wildman–Crippen MR) is 112 cm³/mol. The van der Waals surface area contributed by atoms with E-state index in [2.05, 4.69) is 18.7 Å². The van der Waals surface area contributed by atoms with Crippen LogP contribution in [0.25, 0.3) is 0 Å². The lowest BCUT2D eigenvalue weighted by Gasteiger charge is -2.36. The zero-order chi connectivity index (χ0) is 19.0. The van der Waals surface area contributed by atoms with Crippen molar-refractivity contribution in [3.8, 4) is 0 Å². The minimum Gasteiger partial charge on any atom is -0.357 e. The molecule has 4 nitrogen and oxygen atoms in total. The van der Waals surface area contributed by atoms with Gasteiger partial charge < -0.3 is 4.90 Å². The van der Waals surface area contributed by atoms with Crippen molar-refractivity contribution in [2.45, 2.75) is 45.8 Å². The van der Waals surface area contributed by atoms with Gasteiger partial charge in [0, 0.05) is 19.5 Å². The van der Waals surface area contributed by atoms with Crippen molar-refractivity contribution in [2.75, 3.05) is 18.0 Å². The fourth-order valence-electron chi connectivity index (χ4n) is 3.94. The van der Waals surface area contributed by atoms with Crippen LogP contribution >= 0.6 is 24.0 Å². The highest BCUT2D eigenvalue weighted by atomic mass is 32.2. The van der Waals surface area contributed by atoms with Gasteiger partial charge in [-0.15, -0.1) is 0 Å². The van der Waals surface area contributed by atoms with Crippen molar-refractivity contribution < 1.29 is 9.59 Å². The smallest absolute Gasteiger partial charge is 0.247 e. The van der Waals surface area contributed by atoms with Crippen molar-refractivity contribution in [3.05, 3.63) is 29.3 Å². The Morgan fingerprint density at radius 3 is 2.46 bits per heavy atom. The van der Waals surface area contributed by atoms with E-state index in [1.165, 1.54) is 23.1 Å². The highest BCUT2D eigenvalue weighted by molar-refractivity contribution is 8.23. The Hall–Kier alpha value is -1.40. The van der Waals surface area contributed by atoms with Crippen molar-refractivity contribution in [3.63, 3.8) is 0 Å². The average molecular weight is 391 g/mol. The summed E-state index contributed by atoms with van der Waals surface area (Å²) in [4.78, 5) is 29.0. The number of rotatable bonds is 2. The molecular formula is C20H26N2O2S2. The SMILES string of the molecule is Cc1cccc(N2C(=O)C[C@H](SC(=S)N3C[C@H](C)C[C@@H](C)C3)C2=O)c1C. The van der Waals surface area contributed by atoms with Crippen LogP contribution in [0.15, 0.2) is 18.2 Å². The van der Waals surface area contributed by atoms with Gasteiger partial charge >= 0.3 is 0 Å². The van der Waals surface area contributed by atoms with Crippen molar-refractivity contribution in [1.29, 1.82) is 0 Å². The van der Waals surface area contributed by atoms with E-state index in [0.29, 0.717) is 17.5 Å². The summed E-state index contributed by atoms with van der Waals surface area (Å²) in [7, 11) is 0. The summed E-state index contributed by atoms with van der Waals surface area (Å²) in [6.45, 7) is 10.3. The van der Waals surface area contributed by atoms with Gasteiger partial charge in [0.1, 0.15) is 9.57 Å². The van der Waals surface area contributed by atoms with Crippen LogP contribution in [0.4, 0.5) is 5.69 Å². The fraction of sp³-hybridized carbons (Fsp3) is 0.550. The molecule has 2 fully saturated rings. The molecule has 2 aliphatic heterocycles. The topological polar surface area (TPSA) is 40.6 Å². The Morgan fingerprint density at radius 2 is 1.81 bits per heavy atom. The molecule has 0 aliphatic carbocycles. The molecular weight excluding hydrogens is 364 g/mol. The largest absolute Gasteiger partial charge is 0.357 e. The molecule has 3 atom stereocenters. The molecule has 3 rings (SSSR count). The van der Waals surface area contributed by atoms with Crippen LogP contribution in [-0.4, -0.2) is 39.4 Å². The first kappa shape index (κ1) is 19.4. The van der Waals surface area contributed by atoms with E-state index in [1.54, 1.807) is 0 Å². The van der Waals surface area contributed by atoms with Gasteiger partial charge in [0.05, 0.1) is 5.69 Å². The van der Waals surface area contributed by atoms with E-state index in [-0.39, 0.29) is 18.2 Å². The number of thioether (sulfide) groups is 1. The van der Waals surface area contributed by atoms with Gasteiger partial charge in [-0.1, -0.05) is 50.0 Å². The third-order valence-corrected chi connectivity index (χ3v) is 6.95. The van der Waals surface area contributed by atoms with Gasteiger partial charge in [-0.2, -0.15) is 0 Å². The monoisotopic (exact) mass is 390 g/mol. The normalized spacial score (nSPS) is 26.5. The van der Waals surface area contributed by atoms with Crippen molar-refractivity contribution in [1.82, 2.24) is 4.90 Å². The molecule has 0 radical (unpaired) electrons. The van der Waals surface area contributed by atoms with Crippen LogP contribution in [0.1, 0.15) is 37.8 Å². The summed E-state index contributed by atoms with van der Waals surface area (Å²) >= 11 is 7.00. The average Bonchev–Trinajstić information content (AvgIpc) is 2.83. The quantitative estimate of drug-likeness (QED) is 0.565. The Balaban J connectivity index is 1.73. The van der Waals surface area contributed by atoms with Crippen LogP contribution in [0, 0.1) is 25.7 Å². The molecule has 0 aromatic heterocycles. The summed E-state index contributed by atoms with van der Waals surface area (Å²) in [5.74, 6) is 0.924.